The van der Waals surface area contributed by atoms with E-state index >= 15 is 0 Å². The Morgan fingerprint density at radius 3 is 2.28 bits per heavy atom. The van der Waals surface area contributed by atoms with Crippen LogP contribution >= 0.6 is 12.4 Å². The number of hydrazine groups is 1. The number of rotatable bonds is 2. The van der Waals surface area contributed by atoms with Gasteiger partial charge in [0.05, 0.1) is 5.92 Å². The molecule has 6 nitrogen and oxygen atoms in total. The molecule has 0 radical (unpaired) electrons. The van der Waals surface area contributed by atoms with Crippen LogP contribution in [0.5, 0.6) is 0 Å². The average molecular weight is 281 g/mol. The van der Waals surface area contributed by atoms with E-state index in [0.29, 0.717) is 0 Å². The van der Waals surface area contributed by atoms with Crippen LogP contribution in [0.1, 0.15) is 34.1 Å². The number of carboxylic acids is 1. The number of nitrogens with zero attached hydrogens (tertiary/aromatic N) is 1. The Kier molecular flexibility index (Phi) is 5.16. The fraction of sp³-hybridized carbons (Fsp3) is 0.818. The predicted molar refractivity (Wildman–Crippen MR) is 68.1 cm³/mol. The smallest absolute Gasteiger partial charge is 0.325 e. The summed E-state index contributed by atoms with van der Waals surface area (Å²) in [6.07, 6.45) is 0.174. The van der Waals surface area contributed by atoms with Crippen molar-refractivity contribution in [2.45, 2.75) is 45.3 Å². The second kappa shape index (κ2) is 5.42. The molecule has 18 heavy (non-hydrogen) atoms. The lowest BCUT2D eigenvalue weighted by atomic mass is 9.95. The summed E-state index contributed by atoms with van der Waals surface area (Å²) in [4.78, 5) is 22.9. The average Bonchev–Trinajstić information content (AvgIpc) is 2.42. The van der Waals surface area contributed by atoms with Gasteiger partial charge >= 0.3 is 11.9 Å². The molecule has 106 valence electrons. The number of esters is 1. The van der Waals surface area contributed by atoms with Crippen LogP contribution < -0.4 is 5.84 Å². The Morgan fingerprint density at radius 1 is 1.44 bits per heavy atom. The van der Waals surface area contributed by atoms with E-state index in [1.165, 1.54) is 11.9 Å². The maximum atomic E-state index is 11.8. The zero-order valence-corrected chi connectivity index (χ0v) is 11.9. The number of carboxylic acid groups (broad SMARTS) is 1. The van der Waals surface area contributed by atoms with E-state index < -0.39 is 29.0 Å². The van der Waals surface area contributed by atoms with Gasteiger partial charge in [-0.3, -0.25) is 15.4 Å². The molecule has 1 aliphatic rings. The van der Waals surface area contributed by atoms with Crippen LogP contribution in [0.3, 0.4) is 0 Å². The highest BCUT2D eigenvalue weighted by atomic mass is 35.5. The highest BCUT2D eigenvalue weighted by Crippen LogP contribution is 2.32. The van der Waals surface area contributed by atoms with E-state index in [9.17, 15) is 9.59 Å². The third kappa shape index (κ3) is 3.57. The number of aliphatic carboxylic acids is 1. The molecule has 0 bridgehead atoms. The number of nitrogens with two attached hydrogens (primary N) is 1. The lowest BCUT2D eigenvalue weighted by Crippen LogP contribution is -2.51. The zero-order chi connectivity index (χ0) is 13.4. The van der Waals surface area contributed by atoms with E-state index in [4.69, 9.17) is 15.7 Å². The molecule has 1 rings (SSSR count). The van der Waals surface area contributed by atoms with Crippen LogP contribution in [-0.4, -0.2) is 39.7 Å². The minimum atomic E-state index is -1.19. The molecule has 1 aliphatic heterocycles. The topological polar surface area (TPSA) is 92.9 Å². The van der Waals surface area contributed by atoms with Crippen molar-refractivity contribution < 1.29 is 19.4 Å². The molecule has 0 amide bonds. The number of ether oxygens (including phenoxy) is 1. The van der Waals surface area contributed by atoms with Crippen molar-refractivity contribution in [2.75, 3.05) is 6.54 Å². The number of hydrogen-bond acceptors (Lipinski definition) is 5. The molecule has 7 heteroatoms. The molecule has 1 fully saturated rings. The molecule has 0 saturated carbocycles. The molecule has 2 atom stereocenters. The summed E-state index contributed by atoms with van der Waals surface area (Å²) in [6.45, 7) is 7.04. The highest BCUT2D eigenvalue weighted by Gasteiger charge is 2.49. The molecule has 0 unspecified atom stereocenters. The fourth-order valence-electron chi connectivity index (χ4n) is 1.85. The maximum Gasteiger partial charge on any atom is 0.325 e. The van der Waals surface area contributed by atoms with Gasteiger partial charge in [0.25, 0.3) is 0 Å². The van der Waals surface area contributed by atoms with E-state index in [-0.39, 0.29) is 25.4 Å². The van der Waals surface area contributed by atoms with Gasteiger partial charge in [-0.05, 0) is 34.1 Å². The standard InChI is InChI=1S/C11H20N2O4.ClH/c1-10(2,3)17-8(14)7-5-11(4,9(15)16)13(12)6-7;/h7H,5-6,12H2,1-4H3,(H,15,16);1H/t7-,11+;/m0./s1. The summed E-state index contributed by atoms with van der Waals surface area (Å²) in [7, 11) is 0. The van der Waals surface area contributed by atoms with E-state index in [1.54, 1.807) is 20.8 Å². The molecule has 1 saturated heterocycles. The van der Waals surface area contributed by atoms with Gasteiger partial charge in [0.1, 0.15) is 11.1 Å². The summed E-state index contributed by atoms with van der Waals surface area (Å²) in [5, 5.41) is 10.3. The first kappa shape index (κ1) is 17.2. The van der Waals surface area contributed by atoms with Crippen LogP contribution in [0.2, 0.25) is 0 Å². The normalized spacial score (nSPS) is 28.6. The number of carbonyl (C=O) groups excluding carboxylic acids is 1. The molecule has 0 spiro atoms. The van der Waals surface area contributed by atoms with Crippen LogP contribution in [-0.2, 0) is 14.3 Å². The van der Waals surface area contributed by atoms with Crippen LogP contribution in [0.4, 0.5) is 0 Å². The second-order valence-corrected chi connectivity index (χ2v) is 5.67. The van der Waals surface area contributed by atoms with Crippen molar-refractivity contribution in [3.63, 3.8) is 0 Å². The van der Waals surface area contributed by atoms with Crippen molar-refractivity contribution in [3.05, 3.63) is 0 Å². The molecule has 0 aromatic heterocycles. The van der Waals surface area contributed by atoms with Gasteiger partial charge in [-0.2, -0.15) is 0 Å². The van der Waals surface area contributed by atoms with E-state index in [1.807, 2.05) is 0 Å². The lowest BCUT2D eigenvalue weighted by Gasteiger charge is -2.25. The summed E-state index contributed by atoms with van der Waals surface area (Å²) in [5.74, 6) is 3.75. The number of halogens is 1. The third-order valence-corrected chi connectivity index (χ3v) is 2.90. The van der Waals surface area contributed by atoms with Crippen molar-refractivity contribution >= 4 is 24.3 Å². The molecule has 0 aromatic rings. The van der Waals surface area contributed by atoms with Crippen molar-refractivity contribution in [1.82, 2.24) is 5.01 Å². The van der Waals surface area contributed by atoms with Crippen LogP contribution in [0.15, 0.2) is 0 Å². The van der Waals surface area contributed by atoms with E-state index in [2.05, 4.69) is 0 Å². The first-order valence-corrected chi connectivity index (χ1v) is 5.55. The van der Waals surface area contributed by atoms with Crippen molar-refractivity contribution in [2.24, 2.45) is 11.8 Å². The number of hydrogen-bond donors (Lipinski definition) is 2. The van der Waals surface area contributed by atoms with Gasteiger partial charge in [-0.25, -0.2) is 5.01 Å². The first-order chi connectivity index (χ1) is 7.56. The molecule has 0 aromatic carbocycles. The Hall–Kier alpha value is -0.850. The second-order valence-electron chi connectivity index (χ2n) is 5.67. The number of carbonyl (C=O) groups is 2. The summed E-state index contributed by atoms with van der Waals surface area (Å²) in [5.41, 5.74) is -1.76. The van der Waals surface area contributed by atoms with Crippen LogP contribution in [0, 0.1) is 5.92 Å². The van der Waals surface area contributed by atoms with Gasteiger partial charge in [0, 0.05) is 6.54 Å². The maximum absolute atomic E-state index is 11.8. The Labute approximate surface area is 113 Å². The predicted octanol–water partition coefficient (Wildman–Crippen LogP) is 0.789. The Bertz CT molecular complexity index is 342. The SMILES string of the molecule is CC(C)(C)OC(=O)[C@@H]1CN(N)[C@@](C)(C(=O)O)C1.Cl. The lowest BCUT2D eigenvalue weighted by molar-refractivity contribution is -0.159. The fourth-order valence-corrected chi connectivity index (χ4v) is 1.85. The molecule has 3 N–H and O–H groups in total. The summed E-state index contributed by atoms with van der Waals surface area (Å²) >= 11 is 0. The van der Waals surface area contributed by atoms with Gasteiger partial charge in [-0.15, -0.1) is 12.4 Å². The van der Waals surface area contributed by atoms with Gasteiger partial charge in [-0.1, -0.05) is 0 Å². The van der Waals surface area contributed by atoms with Gasteiger partial charge < -0.3 is 9.84 Å². The van der Waals surface area contributed by atoms with Crippen LogP contribution in [0.25, 0.3) is 0 Å². The molecular formula is C11H21ClN2O4. The minimum absolute atomic E-state index is 0. The zero-order valence-electron chi connectivity index (χ0n) is 11.1. The molecular weight excluding hydrogens is 260 g/mol. The van der Waals surface area contributed by atoms with E-state index in [0.717, 1.165) is 0 Å². The van der Waals surface area contributed by atoms with Gasteiger partial charge in [0.2, 0.25) is 0 Å². The first-order valence-electron chi connectivity index (χ1n) is 5.55. The monoisotopic (exact) mass is 280 g/mol. The Morgan fingerprint density at radius 2 is 1.94 bits per heavy atom. The highest BCUT2D eigenvalue weighted by molar-refractivity contribution is 5.85. The largest absolute Gasteiger partial charge is 0.480 e. The summed E-state index contributed by atoms with van der Waals surface area (Å²) in [6, 6.07) is 0. The van der Waals surface area contributed by atoms with Crippen molar-refractivity contribution in [1.29, 1.82) is 0 Å². The molecule has 1 heterocycles. The Balaban J connectivity index is 0.00000289. The van der Waals surface area contributed by atoms with Gasteiger partial charge in [0.15, 0.2) is 0 Å². The third-order valence-electron chi connectivity index (χ3n) is 2.90. The molecule has 0 aliphatic carbocycles. The minimum Gasteiger partial charge on any atom is -0.480 e. The summed E-state index contributed by atoms with van der Waals surface area (Å²) < 4.78 is 5.23. The quantitative estimate of drug-likeness (QED) is 0.574. The van der Waals surface area contributed by atoms with Crippen molar-refractivity contribution in [3.8, 4) is 0 Å².